The number of hydrogen-bond donors (Lipinski definition) is 1. The van der Waals surface area contributed by atoms with Gasteiger partial charge in [0.05, 0.1) is 12.2 Å². The molecule has 7 heteroatoms. The lowest BCUT2D eigenvalue weighted by Crippen LogP contribution is -2.16. The van der Waals surface area contributed by atoms with Gasteiger partial charge in [-0.05, 0) is 35.1 Å². The summed E-state index contributed by atoms with van der Waals surface area (Å²) in [5, 5.41) is 0. The number of nitrogens with zero attached hydrogens (tertiary/aromatic N) is 1. The molecular formula is C10H11F2IN2O2. The van der Waals surface area contributed by atoms with Gasteiger partial charge in [0.1, 0.15) is 0 Å². The van der Waals surface area contributed by atoms with Gasteiger partial charge in [0.25, 0.3) is 6.43 Å². The summed E-state index contributed by atoms with van der Waals surface area (Å²) >= 11 is 1.85. The molecule has 1 aromatic heterocycles. The number of rotatable bonds is 4. The molecule has 0 atom stereocenters. The van der Waals surface area contributed by atoms with E-state index in [1.807, 2.05) is 22.6 Å². The smallest absolute Gasteiger partial charge is 0.357 e. The molecule has 0 aliphatic carbocycles. The van der Waals surface area contributed by atoms with Crippen LogP contribution in [0.5, 0.6) is 0 Å². The van der Waals surface area contributed by atoms with Gasteiger partial charge in [0, 0.05) is 16.3 Å². The maximum atomic E-state index is 12.9. The van der Waals surface area contributed by atoms with E-state index in [-0.39, 0.29) is 24.4 Å². The summed E-state index contributed by atoms with van der Waals surface area (Å²) in [4.78, 5) is 15.2. The van der Waals surface area contributed by atoms with Gasteiger partial charge in [0.2, 0.25) is 0 Å². The molecule has 0 spiro atoms. The highest BCUT2D eigenvalue weighted by Gasteiger charge is 2.25. The van der Waals surface area contributed by atoms with Gasteiger partial charge in [-0.3, -0.25) is 0 Å². The summed E-state index contributed by atoms with van der Waals surface area (Å²) in [6.07, 6.45) is -1.48. The third-order valence-corrected chi connectivity index (χ3v) is 3.00. The number of carbonyl (C=O) groups excluding carboxylic acids is 1. The first-order valence-electron chi connectivity index (χ1n) is 4.85. The molecule has 0 saturated heterocycles. The molecule has 1 rings (SSSR count). The molecule has 0 aliphatic heterocycles. The van der Waals surface area contributed by atoms with E-state index in [2.05, 4.69) is 9.72 Å². The van der Waals surface area contributed by atoms with E-state index < -0.39 is 18.0 Å². The summed E-state index contributed by atoms with van der Waals surface area (Å²) in [6, 6.07) is 0. The molecule has 0 aromatic carbocycles. The Hall–Kier alpha value is -0.830. The Kier molecular flexibility index (Phi) is 5.19. The van der Waals surface area contributed by atoms with Gasteiger partial charge in [0.15, 0.2) is 5.69 Å². The van der Waals surface area contributed by atoms with Crippen molar-refractivity contribution in [3.8, 4) is 0 Å². The molecule has 1 heterocycles. The molecule has 0 saturated carbocycles. The van der Waals surface area contributed by atoms with Gasteiger partial charge in [-0.15, -0.1) is 0 Å². The molecule has 4 nitrogen and oxygen atoms in total. The second kappa shape index (κ2) is 6.20. The highest BCUT2D eigenvalue weighted by molar-refractivity contribution is 14.1. The fraction of sp³-hybridized carbons (Fsp3) is 0.400. The maximum Gasteiger partial charge on any atom is 0.357 e. The lowest BCUT2D eigenvalue weighted by molar-refractivity contribution is 0.0507. The standard InChI is InChI=1S/C10H11F2IN2O2/c1-2-17-10(16)8-7(9(11)12)5(3-14)6(13)4-15-8/h4,9H,2-3,14H2,1H3. The van der Waals surface area contributed by atoms with Crippen molar-refractivity contribution in [2.45, 2.75) is 19.9 Å². The van der Waals surface area contributed by atoms with E-state index in [9.17, 15) is 13.6 Å². The Morgan fingerprint density at radius 1 is 1.65 bits per heavy atom. The van der Waals surface area contributed by atoms with Crippen LogP contribution in [0.15, 0.2) is 6.20 Å². The Labute approximate surface area is 111 Å². The zero-order valence-electron chi connectivity index (χ0n) is 9.04. The quantitative estimate of drug-likeness (QED) is 0.664. The van der Waals surface area contributed by atoms with Crippen molar-refractivity contribution in [1.29, 1.82) is 0 Å². The molecule has 17 heavy (non-hydrogen) atoms. The first-order chi connectivity index (χ1) is 8.02. The first-order valence-corrected chi connectivity index (χ1v) is 5.93. The molecule has 0 unspecified atom stereocenters. The van der Waals surface area contributed by atoms with Crippen molar-refractivity contribution >= 4 is 28.6 Å². The highest BCUT2D eigenvalue weighted by atomic mass is 127. The third-order valence-electron chi connectivity index (χ3n) is 2.07. The molecule has 0 radical (unpaired) electrons. The Morgan fingerprint density at radius 3 is 2.76 bits per heavy atom. The Bertz CT molecular complexity index is 427. The number of hydrogen-bond acceptors (Lipinski definition) is 4. The maximum absolute atomic E-state index is 12.9. The SMILES string of the molecule is CCOC(=O)c1ncc(I)c(CN)c1C(F)F. The van der Waals surface area contributed by atoms with E-state index in [0.29, 0.717) is 3.57 Å². The van der Waals surface area contributed by atoms with Crippen LogP contribution in [0.1, 0.15) is 35.0 Å². The van der Waals surface area contributed by atoms with Crippen LogP contribution in [-0.4, -0.2) is 17.6 Å². The molecule has 0 bridgehead atoms. The zero-order chi connectivity index (χ0) is 13.0. The predicted octanol–water partition coefficient (Wildman–Crippen LogP) is 2.26. The van der Waals surface area contributed by atoms with Crippen molar-refractivity contribution in [3.63, 3.8) is 0 Å². The summed E-state index contributed by atoms with van der Waals surface area (Å²) < 4.78 is 31.1. The number of alkyl halides is 2. The number of ether oxygens (including phenoxy) is 1. The van der Waals surface area contributed by atoms with E-state index in [1.165, 1.54) is 6.20 Å². The molecule has 0 aliphatic rings. The van der Waals surface area contributed by atoms with Gasteiger partial charge in [-0.1, -0.05) is 0 Å². The fourth-order valence-corrected chi connectivity index (χ4v) is 1.99. The van der Waals surface area contributed by atoms with Crippen LogP contribution in [-0.2, 0) is 11.3 Å². The summed E-state index contributed by atoms with van der Waals surface area (Å²) in [6.45, 7) is 1.62. The van der Waals surface area contributed by atoms with E-state index >= 15 is 0 Å². The number of halogens is 3. The largest absolute Gasteiger partial charge is 0.461 e. The van der Waals surface area contributed by atoms with Crippen molar-refractivity contribution in [2.75, 3.05) is 6.61 Å². The van der Waals surface area contributed by atoms with Crippen LogP contribution in [0.2, 0.25) is 0 Å². The number of pyridine rings is 1. The average molecular weight is 356 g/mol. The van der Waals surface area contributed by atoms with Crippen LogP contribution >= 0.6 is 22.6 Å². The topological polar surface area (TPSA) is 65.2 Å². The zero-order valence-corrected chi connectivity index (χ0v) is 11.2. The normalized spacial score (nSPS) is 10.7. The van der Waals surface area contributed by atoms with Crippen molar-refractivity contribution in [3.05, 3.63) is 26.6 Å². The average Bonchev–Trinajstić information content (AvgIpc) is 2.28. The van der Waals surface area contributed by atoms with Crippen LogP contribution in [0.3, 0.4) is 0 Å². The first kappa shape index (κ1) is 14.2. The lowest BCUT2D eigenvalue weighted by Gasteiger charge is -2.12. The van der Waals surface area contributed by atoms with Gasteiger partial charge in [-0.25, -0.2) is 18.6 Å². The molecule has 2 N–H and O–H groups in total. The summed E-state index contributed by atoms with van der Waals surface area (Å²) in [5.74, 6) is -0.853. The van der Waals surface area contributed by atoms with E-state index in [4.69, 9.17) is 5.73 Å². The Balaban J connectivity index is 3.35. The summed E-state index contributed by atoms with van der Waals surface area (Å²) in [7, 11) is 0. The number of aromatic nitrogens is 1. The van der Waals surface area contributed by atoms with Gasteiger partial charge >= 0.3 is 5.97 Å². The number of nitrogens with two attached hydrogens (primary N) is 1. The van der Waals surface area contributed by atoms with Crippen LogP contribution in [0.25, 0.3) is 0 Å². The third kappa shape index (κ3) is 3.09. The van der Waals surface area contributed by atoms with Crippen LogP contribution in [0, 0.1) is 3.57 Å². The lowest BCUT2D eigenvalue weighted by atomic mass is 10.1. The van der Waals surface area contributed by atoms with Crippen LogP contribution in [0.4, 0.5) is 8.78 Å². The monoisotopic (exact) mass is 356 g/mol. The van der Waals surface area contributed by atoms with Crippen LogP contribution < -0.4 is 5.73 Å². The minimum atomic E-state index is -2.81. The van der Waals surface area contributed by atoms with Crippen molar-refractivity contribution in [2.24, 2.45) is 5.73 Å². The molecule has 94 valence electrons. The van der Waals surface area contributed by atoms with Gasteiger partial charge in [-0.2, -0.15) is 0 Å². The molecule has 0 fully saturated rings. The molecule has 0 amide bonds. The number of esters is 1. The second-order valence-corrected chi connectivity index (χ2v) is 4.23. The molecular weight excluding hydrogens is 345 g/mol. The van der Waals surface area contributed by atoms with E-state index in [0.717, 1.165) is 0 Å². The molecule has 1 aromatic rings. The van der Waals surface area contributed by atoms with E-state index in [1.54, 1.807) is 6.92 Å². The fourth-order valence-electron chi connectivity index (χ4n) is 1.34. The minimum absolute atomic E-state index is 0.0765. The van der Waals surface area contributed by atoms with Gasteiger partial charge < -0.3 is 10.5 Å². The summed E-state index contributed by atoms with van der Waals surface area (Å²) in [5.41, 5.74) is 4.86. The highest BCUT2D eigenvalue weighted by Crippen LogP contribution is 2.28. The second-order valence-electron chi connectivity index (χ2n) is 3.07. The van der Waals surface area contributed by atoms with Crippen molar-refractivity contribution in [1.82, 2.24) is 4.98 Å². The van der Waals surface area contributed by atoms with Crippen molar-refractivity contribution < 1.29 is 18.3 Å². The minimum Gasteiger partial charge on any atom is -0.461 e. The predicted molar refractivity (Wildman–Crippen MR) is 65.8 cm³/mol. The number of carbonyl (C=O) groups is 1. The Morgan fingerprint density at radius 2 is 2.29 bits per heavy atom.